The molecule has 1 saturated heterocycles. The molecule has 2 aromatic rings. The van der Waals surface area contributed by atoms with E-state index in [1.54, 1.807) is 0 Å². The summed E-state index contributed by atoms with van der Waals surface area (Å²) in [4.78, 5) is 0. The van der Waals surface area contributed by atoms with Crippen molar-refractivity contribution in [3.8, 4) is 0 Å². The van der Waals surface area contributed by atoms with Crippen LogP contribution in [0.2, 0.25) is 0 Å². The summed E-state index contributed by atoms with van der Waals surface area (Å²) in [6.07, 6.45) is 4.42. The van der Waals surface area contributed by atoms with E-state index in [1.165, 1.54) is 35.4 Å². The molecule has 3 nitrogen and oxygen atoms in total. The number of hydrogen-bond donors (Lipinski definition) is 2. The third kappa shape index (κ3) is 2.02. The van der Waals surface area contributed by atoms with Crippen LogP contribution in [0.4, 0.5) is 5.69 Å². The Bertz CT molecular complexity index is 474. The molecule has 1 aliphatic heterocycles. The van der Waals surface area contributed by atoms with Crippen LogP contribution in [0.1, 0.15) is 12.8 Å². The zero-order chi connectivity index (χ0) is 10.8. The third-order valence-corrected chi connectivity index (χ3v) is 4.08. The van der Waals surface area contributed by atoms with Crippen molar-refractivity contribution in [2.24, 2.45) is 0 Å². The molecule has 0 bridgehead atoms. The van der Waals surface area contributed by atoms with Crippen molar-refractivity contribution in [2.45, 2.75) is 18.9 Å². The normalized spacial score (nSPS) is 17.8. The number of rotatable bonds is 2. The Morgan fingerprint density at radius 3 is 3.06 bits per heavy atom. The van der Waals surface area contributed by atoms with E-state index in [0.717, 1.165) is 5.52 Å². The van der Waals surface area contributed by atoms with Crippen molar-refractivity contribution < 1.29 is 0 Å². The molecule has 0 spiro atoms. The minimum atomic E-state index is 0.644. The number of nitrogens with zero attached hydrogens (tertiary/aromatic N) is 1. The Balaban J connectivity index is 1.77. The molecule has 0 saturated carbocycles. The molecular weight excluding hydrogens is 218 g/mol. The van der Waals surface area contributed by atoms with Crippen molar-refractivity contribution in [1.82, 2.24) is 10.2 Å². The van der Waals surface area contributed by atoms with Gasteiger partial charge in [0.15, 0.2) is 0 Å². The van der Waals surface area contributed by atoms with E-state index in [0.29, 0.717) is 6.04 Å². The molecule has 16 heavy (non-hydrogen) atoms. The number of benzene rings is 1. The first-order valence-electron chi connectivity index (χ1n) is 5.69. The van der Waals surface area contributed by atoms with Gasteiger partial charge in [-0.15, -0.1) is 0 Å². The summed E-state index contributed by atoms with van der Waals surface area (Å²) in [6.45, 7) is 0. The average Bonchev–Trinajstić information content (AvgIpc) is 2.77. The van der Waals surface area contributed by atoms with E-state index < -0.39 is 0 Å². The predicted octanol–water partition coefficient (Wildman–Crippen LogP) is 2.87. The molecule has 3 rings (SSSR count). The van der Waals surface area contributed by atoms with Crippen LogP contribution in [-0.2, 0) is 0 Å². The van der Waals surface area contributed by atoms with Gasteiger partial charge in [0.25, 0.3) is 0 Å². The number of nitrogens with one attached hydrogen (secondary N) is 2. The first-order valence-corrected chi connectivity index (χ1v) is 6.85. The van der Waals surface area contributed by atoms with Crippen molar-refractivity contribution in [3.05, 3.63) is 24.4 Å². The Morgan fingerprint density at radius 1 is 1.31 bits per heavy atom. The Labute approximate surface area is 99.0 Å². The van der Waals surface area contributed by atoms with E-state index >= 15 is 0 Å². The fraction of sp³-hybridized carbons (Fsp3) is 0.417. The number of anilines is 1. The first kappa shape index (κ1) is 10.0. The van der Waals surface area contributed by atoms with Crippen molar-refractivity contribution in [3.63, 3.8) is 0 Å². The molecule has 0 radical (unpaired) electrons. The lowest BCUT2D eigenvalue weighted by Gasteiger charge is -2.23. The van der Waals surface area contributed by atoms with Gasteiger partial charge in [0, 0.05) is 17.1 Å². The van der Waals surface area contributed by atoms with E-state index in [9.17, 15) is 0 Å². The molecule has 0 atom stereocenters. The van der Waals surface area contributed by atoms with Crippen LogP contribution in [0.15, 0.2) is 24.4 Å². The maximum absolute atomic E-state index is 4.03. The highest BCUT2D eigenvalue weighted by molar-refractivity contribution is 7.99. The summed E-state index contributed by atoms with van der Waals surface area (Å²) in [5.74, 6) is 2.57. The molecule has 4 heteroatoms. The number of hydrogen-bond acceptors (Lipinski definition) is 3. The van der Waals surface area contributed by atoms with Gasteiger partial charge in [-0.05, 0) is 42.5 Å². The van der Waals surface area contributed by atoms with Crippen molar-refractivity contribution in [1.29, 1.82) is 0 Å². The van der Waals surface area contributed by atoms with Crippen LogP contribution in [0.25, 0.3) is 10.9 Å². The Kier molecular flexibility index (Phi) is 2.74. The zero-order valence-electron chi connectivity index (χ0n) is 9.07. The second-order valence-electron chi connectivity index (χ2n) is 4.20. The molecule has 84 valence electrons. The van der Waals surface area contributed by atoms with Gasteiger partial charge in [-0.2, -0.15) is 16.9 Å². The Hall–Kier alpha value is -1.16. The number of H-pyrrole nitrogens is 1. The van der Waals surface area contributed by atoms with E-state index in [4.69, 9.17) is 0 Å². The number of aromatic amines is 1. The minimum Gasteiger partial charge on any atom is -0.382 e. The van der Waals surface area contributed by atoms with E-state index in [2.05, 4.69) is 45.5 Å². The smallest absolute Gasteiger partial charge is 0.0651 e. The highest BCUT2D eigenvalue weighted by Gasteiger charge is 2.13. The second-order valence-corrected chi connectivity index (χ2v) is 5.43. The maximum Gasteiger partial charge on any atom is 0.0651 e. The molecule has 1 aliphatic rings. The van der Waals surface area contributed by atoms with Crippen LogP contribution >= 0.6 is 11.8 Å². The molecule has 2 heterocycles. The summed E-state index contributed by atoms with van der Waals surface area (Å²) in [5.41, 5.74) is 2.32. The zero-order valence-corrected chi connectivity index (χ0v) is 9.89. The van der Waals surface area contributed by atoms with Gasteiger partial charge in [0.1, 0.15) is 0 Å². The third-order valence-electron chi connectivity index (χ3n) is 3.03. The second kappa shape index (κ2) is 4.37. The van der Waals surface area contributed by atoms with Gasteiger partial charge in [0.2, 0.25) is 0 Å². The summed E-state index contributed by atoms with van der Waals surface area (Å²) >= 11 is 2.06. The summed E-state index contributed by atoms with van der Waals surface area (Å²) in [6, 6.07) is 7.02. The van der Waals surface area contributed by atoms with Gasteiger partial charge in [-0.3, -0.25) is 5.10 Å². The van der Waals surface area contributed by atoms with Crippen LogP contribution in [0.3, 0.4) is 0 Å². The number of fused-ring (bicyclic) bond motifs is 1. The maximum atomic E-state index is 4.03. The number of aromatic nitrogens is 2. The predicted molar refractivity (Wildman–Crippen MR) is 70.1 cm³/mol. The lowest BCUT2D eigenvalue weighted by Crippen LogP contribution is -2.24. The largest absolute Gasteiger partial charge is 0.382 e. The lowest BCUT2D eigenvalue weighted by atomic mass is 10.1. The SMILES string of the molecule is c1cc2[nH]ncc2cc1NC1CCSCC1. The van der Waals surface area contributed by atoms with Gasteiger partial charge in [-0.25, -0.2) is 0 Å². The molecule has 1 fully saturated rings. The summed E-state index contributed by atoms with van der Waals surface area (Å²) in [7, 11) is 0. The molecule has 0 unspecified atom stereocenters. The quantitative estimate of drug-likeness (QED) is 0.838. The van der Waals surface area contributed by atoms with Gasteiger partial charge in [-0.1, -0.05) is 0 Å². The van der Waals surface area contributed by atoms with E-state index in [1.807, 2.05) is 6.20 Å². The van der Waals surface area contributed by atoms with Gasteiger partial charge in [0.05, 0.1) is 11.7 Å². The van der Waals surface area contributed by atoms with Crippen LogP contribution < -0.4 is 5.32 Å². The highest BCUT2D eigenvalue weighted by atomic mass is 32.2. The Morgan fingerprint density at radius 2 is 2.19 bits per heavy atom. The van der Waals surface area contributed by atoms with Gasteiger partial charge >= 0.3 is 0 Å². The molecule has 0 aliphatic carbocycles. The van der Waals surface area contributed by atoms with Crippen LogP contribution in [-0.4, -0.2) is 27.7 Å². The van der Waals surface area contributed by atoms with E-state index in [-0.39, 0.29) is 0 Å². The standard InChI is InChI=1S/C12H15N3S/c1-2-12-9(8-13-15-12)7-11(1)14-10-3-5-16-6-4-10/h1-2,7-8,10,14H,3-6H2,(H,13,15). The van der Waals surface area contributed by atoms with Crippen LogP contribution in [0.5, 0.6) is 0 Å². The summed E-state index contributed by atoms with van der Waals surface area (Å²) in [5, 5.41) is 11.8. The number of thioether (sulfide) groups is 1. The molecule has 1 aromatic heterocycles. The average molecular weight is 233 g/mol. The fourth-order valence-corrected chi connectivity index (χ4v) is 3.22. The molecular formula is C12H15N3S. The first-order chi connectivity index (χ1) is 7.92. The molecule has 2 N–H and O–H groups in total. The monoisotopic (exact) mass is 233 g/mol. The summed E-state index contributed by atoms with van der Waals surface area (Å²) < 4.78 is 0. The lowest BCUT2D eigenvalue weighted by molar-refractivity contribution is 0.667. The van der Waals surface area contributed by atoms with Crippen LogP contribution in [0, 0.1) is 0 Å². The topological polar surface area (TPSA) is 40.7 Å². The van der Waals surface area contributed by atoms with Crippen molar-refractivity contribution in [2.75, 3.05) is 16.8 Å². The molecule has 0 amide bonds. The fourth-order valence-electron chi connectivity index (χ4n) is 2.11. The van der Waals surface area contributed by atoms with Gasteiger partial charge < -0.3 is 5.32 Å². The minimum absolute atomic E-state index is 0.644. The van der Waals surface area contributed by atoms with Crippen molar-refractivity contribution >= 4 is 28.4 Å². The molecule has 1 aromatic carbocycles. The highest BCUT2D eigenvalue weighted by Crippen LogP contribution is 2.22.